The molecule has 0 rings (SSSR count). The van der Waals surface area contributed by atoms with Crippen LogP contribution in [0.1, 0.15) is 84.5 Å². The summed E-state index contributed by atoms with van der Waals surface area (Å²) in [5.41, 5.74) is 0. The lowest BCUT2D eigenvalue weighted by atomic mass is 9.96. The fourth-order valence-electron chi connectivity index (χ4n) is 2.12. The van der Waals surface area contributed by atoms with E-state index in [2.05, 4.69) is 13.8 Å². The van der Waals surface area contributed by atoms with Crippen LogP contribution in [-0.2, 0) is 4.79 Å². The SMILES string of the molecule is CCCCCCCCC(C=O)CCCCC. The molecular formula is C15H30O. The Morgan fingerprint density at radius 2 is 1.19 bits per heavy atom. The molecule has 0 aliphatic rings. The fourth-order valence-corrected chi connectivity index (χ4v) is 2.12. The molecule has 0 aromatic heterocycles. The molecule has 0 amide bonds. The smallest absolute Gasteiger partial charge is 0.123 e. The number of carbonyl (C=O) groups is 1. The van der Waals surface area contributed by atoms with Crippen LogP contribution in [0, 0.1) is 5.92 Å². The standard InChI is InChI=1S/C15H30O/c1-3-5-7-8-9-11-13-15(14-16)12-10-6-4-2/h14-15H,3-13H2,1-2H3. The van der Waals surface area contributed by atoms with Gasteiger partial charge in [0.15, 0.2) is 0 Å². The molecule has 1 atom stereocenters. The van der Waals surface area contributed by atoms with E-state index in [0.29, 0.717) is 5.92 Å². The van der Waals surface area contributed by atoms with Gasteiger partial charge < -0.3 is 4.79 Å². The Hall–Kier alpha value is -0.330. The highest BCUT2D eigenvalue weighted by Gasteiger charge is 2.06. The van der Waals surface area contributed by atoms with Gasteiger partial charge in [0.25, 0.3) is 0 Å². The summed E-state index contributed by atoms with van der Waals surface area (Å²) in [7, 11) is 0. The fraction of sp³-hybridized carbons (Fsp3) is 0.933. The van der Waals surface area contributed by atoms with Crippen molar-refractivity contribution >= 4 is 6.29 Å². The van der Waals surface area contributed by atoms with Gasteiger partial charge in [-0.3, -0.25) is 0 Å². The lowest BCUT2D eigenvalue weighted by molar-refractivity contribution is -0.111. The second-order valence-corrected chi connectivity index (χ2v) is 4.95. The summed E-state index contributed by atoms with van der Waals surface area (Å²) >= 11 is 0. The van der Waals surface area contributed by atoms with Crippen molar-refractivity contribution in [2.45, 2.75) is 84.5 Å². The molecule has 0 N–H and O–H groups in total. The molecule has 0 saturated carbocycles. The van der Waals surface area contributed by atoms with Gasteiger partial charge in [0.2, 0.25) is 0 Å². The maximum atomic E-state index is 10.9. The molecule has 0 spiro atoms. The number of hydrogen-bond donors (Lipinski definition) is 0. The van der Waals surface area contributed by atoms with E-state index < -0.39 is 0 Å². The van der Waals surface area contributed by atoms with Crippen molar-refractivity contribution in [3.05, 3.63) is 0 Å². The Labute approximate surface area is 102 Å². The maximum absolute atomic E-state index is 10.9. The number of rotatable bonds is 12. The Kier molecular flexibility index (Phi) is 12.5. The van der Waals surface area contributed by atoms with Crippen molar-refractivity contribution in [1.29, 1.82) is 0 Å². The second-order valence-electron chi connectivity index (χ2n) is 4.95. The van der Waals surface area contributed by atoms with E-state index in [-0.39, 0.29) is 0 Å². The molecule has 0 bridgehead atoms. The number of unbranched alkanes of at least 4 members (excludes halogenated alkanes) is 7. The monoisotopic (exact) mass is 226 g/mol. The molecule has 0 fully saturated rings. The zero-order valence-corrected chi connectivity index (χ0v) is 11.3. The molecule has 16 heavy (non-hydrogen) atoms. The molecule has 0 aliphatic heterocycles. The van der Waals surface area contributed by atoms with Crippen molar-refractivity contribution in [1.82, 2.24) is 0 Å². The summed E-state index contributed by atoms with van der Waals surface area (Å²) in [5, 5.41) is 0. The lowest BCUT2D eigenvalue weighted by Gasteiger charge is -2.09. The predicted octanol–water partition coefficient (Wildman–Crippen LogP) is 5.13. The molecule has 0 aliphatic carbocycles. The Morgan fingerprint density at radius 1 is 0.750 bits per heavy atom. The van der Waals surface area contributed by atoms with E-state index in [9.17, 15) is 4.79 Å². The molecule has 0 aromatic rings. The van der Waals surface area contributed by atoms with Crippen LogP contribution in [0.5, 0.6) is 0 Å². The van der Waals surface area contributed by atoms with Crippen molar-refractivity contribution in [3.63, 3.8) is 0 Å². The topological polar surface area (TPSA) is 17.1 Å². The summed E-state index contributed by atoms with van der Waals surface area (Å²) in [6, 6.07) is 0. The van der Waals surface area contributed by atoms with Gasteiger partial charge in [-0.05, 0) is 12.8 Å². The molecule has 0 saturated heterocycles. The third kappa shape index (κ3) is 10.2. The Bertz CT molecular complexity index is 142. The summed E-state index contributed by atoms with van der Waals surface area (Å²) in [6.07, 6.45) is 15.2. The molecule has 0 radical (unpaired) electrons. The second kappa shape index (κ2) is 12.7. The third-order valence-corrected chi connectivity index (χ3v) is 3.30. The average Bonchev–Trinajstić information content (AvgIpc) is 2.31. The minimum absolute atomic E-state index is 0.345. The van der Waals surface area contributed by atoms with Gasteiger partial charge in [0, 0.05) is 5.92 Å². The van der Waals surface area contributed by atoms with Crippen LogP contribution in [0.15, 0.2) is 0 Å². The van der Waals surface area contributed by atoms with E-state index in [4.69, 9.17) is 0 Å². The largest absolute Gasteiger partial charge is 0.303 e. The highest BCUT2D eigenvalue weighted by molar-refractivity contribution is 5.53. The lowest BCUT2D eigenvalue weighted by Crippen LogP contribution is -2.02. The van der Waals surface area contributed by atoms with Gasteiger partial charge in [0.05, 0.1) is 0 Å². The zero-order valence-electron chi connectivity index (χ0n) is 11.3. The van der Waals surface area contributed by atoms with Crippen LogP contribution in [0.2, 0.25) is 0 Å². The average molecular weight is 226 g/mol. The first-order valence-electron chi connectivity index (χ1n) is 7.30. The van der Waals surface area contributed by atoms with Gasteiger partial charge in [-0.25, -0.2) is 0 Å². The first kappa shape index (κ1) is 15.7. The quantitative estimate of drug-likeness (QED) is 0.333. The minimum Gasteiger partial charge on any atom is -0.303 e. The third-order valence-electron chi connectivity index (χ3n) is 3.30. The highest BCUT2D eigenvalue weighted by atomic mass is 16.1. The Morgan fingerprint density at radius 3 is 1.75 bits per heavy atom. The van der Waals surface area contributed by atoms with E-state index >= 15 is 0 Å². The number of aldehydes is 1. The van der Waals surface area contributed by atoms with Gasteiger partial charge in [-0.2, -0.15) is 0 Å². The van der Waals surface area contributed by atoms with E-state index in [1.54, 1.807) is 0 Å². The van der Waals surface area contributed by atoms with E-state index in [0.717, 1.165) is 12.8 Å². The maximum Gasteiger partial charge on any atom is 0.123 e. The van der Waals surface area contributed by atoms with Crippen molar-refractivity contribution in [2.75, 3.05) is 0 Å². The normalized spacial score (nSPS) is 12.6. The summed E-state index contributed by atoms with van der Waals surface area (Å²) in [4.78, 5) is 10.9. The van der Waals surface area contributed by atoms with Gasteiger partial charge in [-0.1, -0.05) is 71.6 Å². The molecule has 96 valence electrons. The van der Waals surface area contributed by atoms with Crippen molar-refractivity contribution < 1.29 is 4.79 Å². The number of hydrogen-bond acceptors (Lipinski definition) is 1. The molecular weight excluding hydrogens is 196 g/mol. The van der Waals surface area contributed by atoms with Crippen LogP contribution in [-0.4, -0.2) is 6.29 Å². The zero-order chi connectivity index (χ0) is 12.1. The first-order chi connectivity index (χ1) is 7.85. The molecule has 0 heterocycles. The molecule has 1 unspecified atom stereocenters. The van der Waals surface area contributed by atoms with Crippen LogP contribution in [0.25, 0.3) is 0 Å². The molecule has 0 aromatic carbocycles. The Balaban J connectivity index is 3.30. The minimum atomic E-state index is 0.345. The van der Waals surface area contributed by atoms with E-state index in [1.165, 1.54) is 64.1 Å². The van der Waals surface area contributed by atoms with Crippen molar-refractivity contribution in [3.8, 4) is 0 Å². The van der Waals surface area contributed by atoms with Crippen LogP contribution >= 0.6 is 0 Å². The van der Waals surface area contributed by atoms with Crippen LogP contribution in [0.3, 0.4) is 0 Å². The van der Waals surface area contributed by atoms with Gasteiger partial charge >= 0.3 is 0 Å². The molecule has 1 heteroatoms. The summed E-state index contributed by atoms with van der Waals surface area (Å²) in [5.74, 6) is 0.345. The van der Waals surface area contributed by atoms with Crippen molar-refractivity contribution in [2.24, 2.45) is 5.92 Å². The first-order valence-corrected chi connectivity index (χ1v) is 7.30. The van der Waals surface area contributed by atoms with Crippen LogP contribution in [0.4, 0.5) is 0 Å². The van der Waals surface area contributed by atoms with Gasteiger partial charge in [0.1, 0.15) is 6.29 Å². The summed E-state index contributed by atoms with van der Waals surface area (Å²) < 4.78 is 0. The highest BCUT2D eigenvalue weighted by Crippen LogP contribution is 2.16. The predicted molar refractivity (Wildman–Crippen MR) is 71.7 cm³/mol. The number of carbonyl (C=O) groups excluding carboxylic acids is 1. The van der Waals surface area contributed by atoms with E-state index in [1.807, 2.05) is 0 Å². The summed E-state index contributed by atoms with van der Waals surface area (Å²) in [6.45, 7) is 4.46. The van der Waals surface area contributed by atoms with Gasteiger partial charge in [-0.15, -0.1) is 0 Å². The molecule has 1 nitrogen and oxygen atoms in total. The van der Waals surface area contributed by atoms with Crippen LogP contribution < -0.4 is 0 Å².